The summed E-state index contributed by atoms with van der Waals surface area (Å²) in [5.74, 6) is -2.91. The van der Waals surface area contributed by atoms with E-state index in [9.17, 15) is 33.2 Å². The van der Waals surface area contributed by atoms with Crippen molar-refractivity contribution in [3.05, 3.63) is 35.3 Å². The van der Waals surface area contributed by atoms with Gasteiger partial charge in [0.1, 0.15) is 34.9 Å². The Hall–Kier alpha value is -5.02. The zero-order chi connectivity index (χ0) is 39.2. The van der Waals surface area contributed by atoms with Crippen LogP contribution in [0.15, 0.2) is 18.2 Å². The fraction of sp³-hybridized carbons (Fsp3) is 0.605. The van der Waals surface area contributed by atoms with E-state index in [1.807, 2.05) is 0 Å². The monoisotopic (exact) mass is 754 g/mol. The number of fused-ring (bicyclic) bond motifs is 1. The van der Waals surface area contributed by atoms with Crippen molar-refractivity contribution < 1.29 is 47.4 Å². The molecule has 2 aromatic rings. The van der Waals surface area contributed by atoms with Crippen LogP contribution in [0.25, 0.3) is 10.9 Å². The van der Waals surface area contributed by atoms with Gasteiger partial charge in [-0.15, -0.1) is 0 Å². The second-order valence-corrected chi connectivity index (χ2v) is 14.9. The first-order valence-corrected chi connectivity index (χ1v) is 18.7. The number of carbonyl (C=O) groups is 6. The molecule has 2 unspecified atom stereocenters. The van der Waals surface area contributed by atoms with Gasteiger partial charge in [-0.1, -0.05) is 0 Å². The molecule has 16 heteroatoms. The van der Waals surface area contributed by atoms with Gasteiger partial charge in [-0.25, -0.2) is 14.2 Å². The Balaban J connectivity index is 1.34. The Morgan fingerprint density at radius 3 is 2.33 bits per heavy atom. The Bertz CT molecular complexity index is 1750. The second-order valence-electron chi connectivity index (χ2n) is 14.9. The Kier molecular flexibility index (Phi) is 13.0. The number of amides is 5. The van der Waals surface area contributed by atoms with Gasteiger partial charge >= 0.3 is 12.1 Å². The first-order chi connectivity index (χ1) is 25.6. The SMILES string of the molecule is CCOC(=O)N1CCN(C(=O)C(CCC(=O)OC(C)(C)C)NC(=O)c2cc(OCC(=O)N3CCCC3C(=O)NC3CCC3)c3c(C)c(F)ccc3n2)CC1. The van der Waals surface area contributed by atoms with Crippen molar-refractivity contribution in [1.29, 1.82) is 0 Å². The highest BCUT2D eigenvalue weighted by Gasteiger charge is 2.36. The molecule has 3 fully saturated rings. The van der Waals surface area contributed by atoms with E-state index in [1.165, 1.54) is 39.8 Å². The fourth-order valence-electron chi connectivity index (χ4n) is 6.76. The lowest BCUT2D eigenvalue weighted by Crippen LogP contribution is -2.56. The molecule has 2 saturated heterocycles. The van der Waals surface area contributed by atoms with Crippen LogP contribution in [0.4, 0.5) is 9.18 Å². The van der Waals surface area contributed by atoms with Gasteiger partial charge in [-0.05, 0) is 90.8 Å². The number of piperazine rings is 1. The van der Waals surface area contributed by atoms with Crippen molar-refractivity contribution in [3.8, 4) is 5.75 Å². The number of pyridine rings is 1. The number of halogens is 1. The van der Waals surface area contributed by atoms with Crippen LogP contribution >= 0.6 is 0 Å². The van der Waals surface area contributed by atoms with Crippen molar-refractivity contribution in [3.63, 3.8) is 0 Å². The van der Waals surface area contributed by atoms with Crippen molar-refractivity contribution >= 4 is 46.6 Å². The summed E-state index contributed by atoms with van der Waals surface area (Å²) in [4.78, 5) is 87.9. The van der Waals surface area contributed by atoms with Crippen LogP contribution in [0.5, 0.6) is 5.75 Å². The van der Waals surface area contributed by atoms with Crippen molar-refractivity contribution in [2.24, 2.45) is 0 Å². The maximum atomic E-state index is 14.8. The molecule has 1 aliphatic carbocycles. The number of carbonyl (C=O) groups excluding carboxylic acids is 6. The molecule has 2 atom stereocenters. The van der Waals surface area contributed by atoms with E-state index in [-0.39, 0.29) is 85.5 Å². The van der Waals surface area contributed by atoms with E-state index >= 15 is 0 Å². The highest BCUT2D eigenvalue weighted by molar-refractivity contribution is 6.00. The minimum Gasteiger partial charge on any atom is -0.483 e. The molecule has 1 aromatic heterocycles. The molecule has 3 aliphatic rings. The summed E-state index contributed by atoms with van der Waals surface area (Å²) in [5, 5.41) is 5.99. The quantitative estimate of drug-likeness (QED) is 0.306. The molecule has 5 amide bonds. The third-order valence-electron chi connectivity index (χ3n) is 9.82. The maximum absolute atomic E-state index is 14.8. The lowest BCUT2D eigenvalue weighted by Gasteiger charge is -2.36. The van der Waals surface area contributed by atoms with Crippen LogP contribution in [-0.4, -0.2) is 125 Å². The zero-order valence-electron chi connectivity index (χ0n) is 31.7. The molecule has 1 saturated carbocycles. The number of benzene rings is 1. The van der Waals surface area contributed by atoms with Crippen molar-refractivity contribution in [1.82, 2.24) is 30.3 Å². The minimum absolute atomic E-state index is 0.0249. The maximum Gasteiger partial charge on any atom is 0.409 e. The Morgan fingerprint density at radius 2 is 1.69 bits per heavy atom. The number of hydrogen-bond acceptors (Lipinski definition) is 10. The van der Waals surface area contributed by atoms with E-state index in [4.69, 9.17) is 14.2 Å². The molecule has 3 heterocycles. The highest BCUT2D eigenvalue weighted by atomic mass is 19.1. The molecule has 2 aliphatic heterocycles. The van der Waals surface area contributed by atoms with Crippen LogP contribution in [0, 0.1) is 12.7 Å². The van der Waals surface area contributed by atoms with Crippen LogP contribution < -0.4 is 15.4 Å². The molecule has 15 nitrogen and oxygen atoms in total. The average molecular weight is 755 g/mol. The molecule has 54 heavy (non-hydrogen) atoms. The molecule has 1 aromatic carbocycles. The summed E-state index contributed by atoms with van der Waals surface area (Å²) in [6.45, 7) is 9.35. The summed E-state index contributed by atoms with van der Waals surface area (Å²) in [5.41, 5.74) is -0.515. The molecular formula is C38H51FN6O9. The predicted molar refractivity (Wildman–Crippen MR) is 194 cm³/mol. The minimum atomic E-state index is -1.17. The second kappa shape index (κ2) is 17.4. The average Bonchev–Trinajstić information content (AvgIpc) is 3.61. The Labute approximate surface area is 314 Å². The number of esters is 1. The van der Waals surface area contributed by atoms with Gasteiger partial charge in [0.05, 0.1) is 12.1 Å². The number of nitrogens with one attached hydrogen (secondary N) is 2. The standard InChI is InChI=1S/C38H51FN6O9/c1-6-52-37(51)44-19-17-43(18-20-44)36(50)27(14-15-32(47)54-38(3,4)5)42-34(48)28-21-30(33-23(2)25(39)12-13-26(33)41-28)53-22-31(46)45-16-8-11-29(45)35(49)40-24-9-7-10-24/h12-13,21,24,27,29H,6-11,14-20,22H2,1-5H3,(H,40,49)(H,42,48). The van der Waals surface area contributed by atoms with Gasteiger partial charge in [0.2, 0.25) is 11.8 Å². The van der Waals surface area contributed by atoms with Crippen LogP contribution in [0.1, 0.15) is 88.7 Å². The van der Waals surface area contributed by atoms with Crippen molar-refractivity contribution in [2.75, 3.05) is 45.9 Å². The van der Waals surface area contributed by atoms with E-state index in [0.717, 1.165) is 19.3 Å². The highest BCUT2D eigenvalue weighted by Crippen LogP contribution is 2.31. The van der Waals surface area contributed by atoms with E-state index < -0.39 is 59.9 Å². The Morgan fingerprint density at radius 1 is 0.981 bits per heavy atom. The summed E-state index contributed by atoms with van der Waals surface area (Å²) in [6.07, 6.45) is 3.36. The van der Waals surface area contributed by atoms with Gasteiger partial charge in [0, 0.05) is 56.6 Å². The summed E-state index contributed by atoms with van der Waals surface area (Å²) < 4.78 is 31.3. The number of likely N-dealkylation sites (tertiary alicyclic amines) is 1. The number of hydrogen-bond donors (Lipinski definition) is 2. The molecule has 294 valence electrons. The molecule has 0 radical (unpaired) electrons. The molecular weight excluding hydrogens is 703 g/mol. The zero-order valence-corrected chi connectivity index (χ0v) is 31.7. The number of aromatic nitrogens is 1. The number of nitrogens with zero attached hydrogens (tertiary/aromatic N) is 4. The van der Waals surface area contributed by atoms with Crippen LogP contribution in [0.2, 0.25) is 0 Å². The summed E-state index contributed by atoms with van der Waals surface area (Å²) >= 11 is 0. The van der Waals surface area contributed by atoms with Crippen LogP contribution in [0.3, 0.4) is 0 Å². The third kappa shape index (κ3) is 9.94. The van der Waals surface area contributed by atoms with Gasteiger partial charge in [-0.2, -0.15) is 0 Å². The predicted octanol–water partition coefficient (Wildman–Crippen LogP) is 3.24. The first kappa shape index (κ1) is 40.2. The largest absolute Gasteiger partial charge is 0.483 e. The lowest BCUT2D eigenvalue weighted by molar-refractivity contribution is -0.155. The van der Waals surface area contributed by atoms with Gasteiger partial charge in [0.25, 0.3) is 11.8 Å². The molecule has 0 bridgehead atoms. The van der Waals surface area contributed by atoms with Crippen molar-refractivity contribution in [2.45, 2.75) is 103 Å². The number of ether oxygens (including phenoxy) is 3. The first-order valence-electron chi connectivity index (χ1n) is 18.7. The van der Waals surface area contributed by atoms with E-state index in [1.54, 1.807) is 27.7 Å². The molecule has 0 spiro atoms. The van der Waals surface area contributed by atoms with E-state index in [0.29, 0.717) is 19.4 Å². The van der Waals surface area contributed by atoms with Gasteiger partial charge in [-0.3, -0.25) is 24.0 Å². The summed E-state index contributed by atoms with van der Waals surface area (Å²) in [7, 11) is 0. The fourth-order valence-corrected chi connectivity index (χ4v) is 6.76. The van der Waals surface area contributed by atoms with Crippen LogP contribution in [-0.2, 0) is 28.7 Å². The van der Waals surface area contributed by atoms with E-state index in [2.05, 4.69) is 15.6 Å². The number of rotatable bonds is 12. The normalized spacial score (nSPS) is 18.1. The molecule has 2 N–H and O–H groups in total. The smallest absolute Gasteiger partial charge is 0.409 e. The van der Waals surface area contributed by atoms with Gasteiger partial charge < -0.3 is 39.5 Å². The topological polar surface area (TPSA) is 177 Å². The summed E-state index contributed by atoms with van der Waals surface area (Å²) in [6, 6.07) is 2.23. The molecule has 5 rings (SSSR count). The lowest BCUT2D eigenvalue weighted by atomic mass is 9.93. The number of aryl methyl sites for hydroxylation is 1. The van der Waals surface area contributed by atoms with Gasteiger partial charge in [0.15, 0.2) is 6.61 Å². The third-order valence-corrected chi connectivity index (χ3v) is 9.82.